The number of benzene rings is 2. The molecule has 2 aromatic rings. The molecule has 1 aliphatic rings. The normalized spacial score (nSPS) is 16.1. The van der Waals surface area contributed by atoms with Crippen molar-refractivity contribution in [3.63, 3.8) is 0 Å². The van der Waals surface area contributed by atoms with Gasteiger partial charge in [0.15, 0.2) is 5.70 Å². The zero-order valence-corrected chi connectivity index (χ0v) is 12.3. The molecule has 0 amide bonds. The van der Waals surface area contributed by atoms with Crippen LogP contribution in [0.1, 0.15) is 11.1 Å². The third kappa shape index (κ3) is 3.51. The van der Waals surface area contributed by atoms with Gasteiger partial charge in [0, 0.05) is 11.1 Å². The van der Waals surface area contributed by atoms with E-state index in [1.165, 1.54) is 0 Å². The van der Waals surface area contributed by atoms with E-state index in [4.69, 9.17) is 16.3 Å². The number of nitrogens with zero attached hydrogens (tertiary/aromatic N) is 1. The topological polar surface area (TPSA) is 38.7 Å². The third-order valence-electron chi connectivity index (χ3n) is 3.03. The van der Waals surface area contributed by atoms with Crippen LogP contribution in [0, 0.1) is 0 Å². The zero-order chi connectivity index (χ0) is 15.4. The van der Waals surface area contributed by atoms with Gasteiger partial charge >= 0.3 is 5.97 Å². The van der Waals surface area contributed by atoms with E-state index < -0.39 is 5.97 Å². The molecule has 0 N–H and O–H groups in total. The van der Waals surface area contributed by atoms with Crippen LogP contribution in [0.4, 0.5) is 0 Å². The SMILES string of the molecule is O=C1OC(/C=C\c2ccccc2)=NC/1=C/c1ccc(Cl)cc1. The van der Waals surface area contributed by atoms with E-state index in [1.807, 2.05) is 48.5 Å². The van der Waals surface area contributed by atoms with Crippen LogP contribution < -0.4 is 0 Å². The number of rotatable bonds is 3. The molecule has 3 rings (SSSR count). The highest BCUT2D eigenvalue weighted by atomic mass is 35.5. The van der Waals surface area contributed by atoms with Gasteiger partial charge in [-0.05, 0) is 35.4 Å². The fraction of sp³-hybridized carbons (Fsp3) is 0. The summed E-state index contributed by atoms with van der Waals surface area (Å²) < 4.78 is 5.12. The Balaban J connectivity index is 1.79. The van der Waals surface area contributed by atoms with Gasteiger partial charge in [-0.1, -0.05) is 54.1 Å². The minimum atomic E-state index is -0.456. The summed E-state index contributed by atoms with van der Waals surface area (Å²) in [6.07, 6.45) is 5.19. The quantitative estimate of drug-likeness (QED) is 0.624. The summed E-state index contributed by atoms with van der Waals surface area (Å²) in [5, 5.41) is 0.645. The Morgan fingerprint density at radius 2 is 1.64 bits per heavy atom. The number of esters is 1. The monoisotopic (exact) mass is 309 g/mol. The maximum absolute atomic E-state index is 11.8. The van der Waals surface area contributed by atoms with Crippen molar-refractivity contribution in [2.75, 3.05) is 0 Å². The summed E-state index contributed by atoms with van der Waals surface area (Å²) in [5.74, 6) is -0.170. The van der Waals surface area contributed by atoms with Crippen molar-refractivity contribution in [1.82, 2.24) is 0 Å². The van der Waals surface area contributed by atoms with Crippen LogP contribution in [0.5, 0.6) is 0 Å². The van der Waals surface area contributed by atoms with Crippen molar-refractivity contribution in [2.24, 2.45) is 4.99 Å². The Bertz CT molecular complexity index is 774. The van der Waals surface area contributed by atoms with Crippen LogP contribution in [0.3, 0.4) is 0 Å². The molecular formula is C18H12ClNO2. The molecule has 4 heteroatoms. The van der Waals surface area contributed by atoms with E-state index in [-0.39, 0.29) is 11.6 Å². The lowest BCUT2D eigenvalue weighted by molar-refractivity contribution is -0.129. The van der Waals surface area contributed by atoms with Crippen LogP contribution in [0.2, 0.25) is 5.02 Å². The van der Waals surface area contributed by atoms with Crippen molar-refractivity contribution >= 4 is 35.6 Å². The number of hydrogen-bond donors (Lipinski definition) is 0. The molecular weight excluding hydrogens is 298 g/mol. The van der Waals surface area contributed by atoms with Crippen LogP contribution in [0.25, 0.3) is 12.2 Å². The van der Waals surface area contributed by atoms with E-state index in [1.54, 1.807) is 24.3 Å². The second kappa shape index (κ2) is 6.41. The van der Waals surface area contributed by atoms with Gasteiger partial charge in [-0.15, -0.1) is 0 Å². The fourth-order valence-electron chi connectivity index (χ4n) is 1.95. The van der Waals surface area contributed by atoms with E-state index in [2.05, 4.69) is 4.99 Å². The van der Waals surface area contributed by atoms with Crippen molar-refractivity contribution in [3.05, 3.63) is 82.5 Å². The summed E-state index contributed by atoms with van der Waals surface area (Å²) in [7, 11) is 0. The number of ether oxygens (including phenoxy) is 1. The van der Waals surface area contributed by atoms with Gasteiger partial charge in [-0.25, -0.2) is 9.79 Å². The highest BCUT2D eigenvalue weighted by molar-refractivity contribution is 6.30. The molecule has 0 saturated heterocycles. The fourth-order valence-corrected chi connectivity index (χ4v) is 2.07. The van der Waals surface area contributed by atoms with E-state index in [9.17, 15) is 4.79 Å². The smallest absolute Gasteiger partial charge is 0.363 e. The molecule has 108 valence electrons. The minimum absolute atomic E-state index is 0.273. The Kier molecular flexibility index (Phi) is 4.17. The Morgan fingerprint density at radius 3 is 2.36 bits per heavy atom. The molecule has 0 aliphatic carbocycles. The number of hydrogen-bond acceptors (Lipinski definition) is 3. The molecule has 3 nitrogen and oxygen atoms in total. The Hall–Kier alpha value is -2.65. The van der Waals surface area contributed by atoms with Crippen LogP contribution in [-0.4, -0.2) is 11.9 Å². The molecule has 0 atom stereocenters. The van der Waals surface area contributed by atoms with E-state index in [0.717, 1.165) is 11.1 Å². The van der Waals surface area contributed by atoms with Gasteiger partial charge in [0.05, 0.1) is 0 Å². The largest absolute Gasteiger partial charge is 0.403 e. The molecule has 22 heavy (non-hydrogen) atoms. The molecule has 1 aliphatic heterocycles. The first-order valence-corrected chi connectivity index (χ1v) is 7.10. The highest BCUT2D eigenvalue weighted by Crippen LogP contribution is 2.18. The predicted molar refractivity (Wildman–Crippen MR) is 88.4 cm³/mol. The Morgan fingerprint density at radius 1 is 0.909 bits per heavy atom. The number of carbonyl (C=O) groups is 1. The first kappa shape index (κ1) is 14.3. The minimum Gasteiger partial charge on any atom is -0.403 e. The summed E-state index contributed by atoms with van der Waals surface area (Å²) in [4.78, 5) is 16.0. The van der Waals surface area contributed by atoms with Crippen molar-refractivity contribution in [3.8, 4) is 0 Å². The number of halogens is 1. The summed E-state index contributed by atoms with van der Waals surface area (Å²) >= 11 is 5.83. The van der Waals surface area contributed by atoms with Gasteiger partial charge in [0.1, 0.15) is 0 Å². The second-order valence-electron chi connectivity index (χ2n) is 4.66. The second-order valence-corrected chi connectivity index (χ2v) is 5.10. The van der Waals surface area contributed by atoms with Crippen molar-refractivity contribution in [1.29, 1.82) is 0 Å². The lowest BCUT2D eigenvalue weighted by Gasteiger charge is -1.94. The van der Waals surface area contributed by atoms with Crippen molar-refractivity contribution < 1.29 is 9.53 Å². The number of carbonyl (C=O) groups excluding carboxylic acids is 1. The first-order valence-electron chi connectivity index (χ1n) is 6.72. The van der Waals surface area contributed by atoms with Gasteiger partial charge < -0.3 is 4.74 Å². The Labute approximate surface area is 133 Å². The molecule has 0 unspecified atom stereocenters. The molecule has 0 fully saturated rings. The van der Waals surface area contributed by atoms with E-state index >= 15 is 0 Å². The highest BCUT2D eigenvalue weighted by Gasteiger charge is 2.20. The predicted octanol–water partition coefficient (Wildman–Crippen LogP) is 4.35. The lowest BCUT2D eigenvalue weighted by Crippen LogP contribution is -2.01. The average molecular weight is 310 g/mol. The lowest BCUT2D eigenvalue weighted by atomic mass is 10.2. The van der Waals surface area contributed by atoms with E-state index in [0.29, 0.717) is 5.02 Å². The summed E-state index contributed by atoms with van der Waals surface area (Å²) in [6, 6.07) is 16.9. The summed E-state index contributed by atoms with van der Waals surface area (Å²) in [5.41, 5.74) is 2.12. The molecule has 0 spiro atoms. The molecule has 0 saturated carbocycles. The van der Waals surface area contributed by atoms with Gasteiger partial charge in [0.2, 0.25) is 5.90 Å². The van der Waals surface area contributed by atoms with Gasteiger partial charge in [-0.3, -0.25) is 0 Å². The zero-order valence-electron chi connectivity index (χ0n) is 11.6. The summed E-state index contributed by atoms with van der Waals surface area (Å²) in [6.45, 7) is 0. The number of aliphatic imine (C=N–C) groups is 1. The standard InChI is InChI=1S/C18H12ClNO2/c19-15-9-6-14(7-10-15)12-16-18(21)22-17(20-16)11-8-13-4-2-1-3-5-13/h1-12H/b11-8-,16-12+. The first-order chi connectivity index (χ1) is 10.7. The molecule has 1 heterocycles. The molecule has 0 bridgehead atoms. The maximum Gasteiger partial charge on any atom is 0.363 e. The van der Waals surface area contributed by atoms with Gasteiger partial charge in [0.25, 0.3) is 0 Å². The van der Waals surface area contributed by atoms with Crippen LogP contribution >= 0.6 is 11.6 Å². The van der Waals surface area contributed by atoms with Crippen LogP contribution in [0.15, 0.2) is 71.4 Å². The average Bonchev–Trinajstić information content (AvgIpc) is 2.89. The molecule has 0 radical (unpaired) electrons. The van der Waals surface area contributed by atoms with Crippen molar-refractivity contribution in [2.45, 2.75) is 0 Å². The molecule has 0 aromatic heterocycles. The van der Waals surface area contributed by atoms with Crippen LogP contribution in [-0.2, 0) is 9.53 Å². The number of cyclic esters (lactones) is 1. The maximum atomic E-state index is 11.8. The third-order valence-corrected chi connectivity index (χ3v) is 3.28. The molecule has 2 aromatic carbocycles. The van der Waals surface area contributed by atoms with Gasteiger partial charge in [-0.2, -0.15) is 0 Å².